The summed E-state index contributed by atoms with van der Waals surface area (Å²) in [4.78, 5) is 9.53. The summed E-state index contributed by atoms with van der Waals surface area (Å²) in [6.07, 6.45) is -3.55. The summed E-state index contributed by atoms with van der Waals surface area (Å²) in [5, 5.41) is 3.19. The molecule has 108 valence electrons. The van der Waals surface area contributed by atoms with Crippen LogP contribution in [0, 0.1) is 6.92 Å². The molecule has 0 aromatic carbocycles. The lowest BCUT2D eigenvalue weighted by molar-refractivity contribution is -0.141. The smallest absolute Gasteiger partial charge is 0.339 e. The Bertz CT molecular complexity index is 417. The van der Waals surface area contributed by atoms with Crippen LogP contribution in [0.5, 0.6) is 0 Å². The van der Waals surface area contributed by atoms with E-state index in [-0.39, 0.29) is 18.4 Å². The highest BCUT2D eigenvalue weighted by atomic mass is 35.5. The van der Waals surface area contributed by atoms with Crippen LogP contribution in [0.15, 0.2) is 6.07 Å². The fourth-order valence-corrected chi connectivity index (χ4v) is 1.89. The maximum atomic E-state index is 12.7. The first-order chi connectivity index (χ1) is 8.47. The third kappa shape index (κ3) is 4.21. The second-order valence-electron chi connectivity index (χ2n) is 4.28. The van der Waals surface area contributed by atoms with E-state index in [2.05, 4.69) is 15.3 Å². The number of nitrogens with zero attached hydrogens (tertiary/aromatic N) is 3. The third-order valence-corrected chi connectivity index (χ3v) is 2.76. The number of aryl methyl sites for hydroxylation is 1. The first-order valence-electron chi connectivity index (χ1n) is 5.85. The van der Waals surface area contributed by atoms with Crippen molar-refractivity contribution in [2.75, 3.05) is 31.1 Å². The van der Waals surface area contributed by atoms with Crippen LogP contribution in [0.1, 0.15) is 17.8 Å². The van der Waals surface area contributed by atoms with E-state index in [0.29, 0.717) is 18.8 Å². The van der Waals surface area contributed by atoms with Crippen LogP contribution < -0.4 is 10.2 Å². The van der Waals surface area contributed by atoms with Gasteiger partial charge in [-0.1, -0.05) is 0 Å². The Balaban J connectivity index is 0.00000180. The lowest BCUT2D eigenvalue weighted by Gasteiger charge is -2.21. The largest absolute Gasteiger partial charge is 0.433 e. The van der Waals surface area contributed by atoms with Gasteiger partial charge in [0.05, 0.1) is 0 Å². The van der Waals surface area contributed by atoms with Crippen molar-refractivity contribution in [3.63, 3.8) is 0 Å². The van der Waals surface area contributed by atoms with Crippen LogP contribution in [-0.2, 0) is 6.18 Å². The highest BCUT2D eigenvalue weighted by Crippen LogP contribution is 2.29. The Morgan fingerprint density at radius 2 is 1.95 bits per heavy atom. The van der Waals surface area contributed by atoms with Gasteiger partial charge >= 0.3 is 6.18 Å². The third-order valence-electron chi connectivity index (χ3n) is 2.76. The molecule has 0 saturated carbocycles. The molecule has 1 N–H and O–H groups in total. The van der Waals surface area contributed by atoms with E-state index in [9.17, 15) is 13.2 Å². The Labute approximate surface area is 115 Å². The van der Waals surface area contributed by atoms with E-state index < -0.39 is 11.9 Å². The number of rotatable bonds is 1. The molecule has 2 heterocycles. The molecule has 0 bridgehead atoms. The fourth-order valence-electron chi connectivity index (χ4n) is 1.89. The van der Waals surface area contributed by atoms with Gasteiger partial charge in [-0.05, 0) is 26.0 Å². The summed E-state index contributed by atoms with van der Waals surface area (Å²) in [6.45, 7) is 4.46. The average molecular weight is 297 g/mol. The van der Waals surface area contributed by atoms with E-state index in [1.54, 1.807) is 11.8 Å². The van der Waals surface area contributed by atoms with Gasteiger partial charge in [0.15, 0.2) is 0 Å². The van der Waals surface area contributed by atoms with Crippen molar-refractivity contribution in [2.24, 2.45) is 0 Å². The molecule has 1 aromatic rings. The normalized spacial score (nSPS) is 16.7. The SMILES string of the molecule is Cc1cc(C(F)(F)F)nc(N2CCCNCC2)n1.Cl. The summed E-state index contributed by atoms with van der Waals surface area (Å²) in [7, 11) is 0. The van der Waals surface area contributed by atoms with Crippen molar-refractivity contribution >= 4 is 18.4 Å². The van der Waals surface area contributed by atoms with Crippen molar-refractivity contribution in [3.8, 4) is 0 Å². The first kappa shape index (κ1) is 16.0. The topological polar surface area (TPSA) is 41.1 Å². The number of alkyl halides is 3. The summed E-state index contributed by atoms with van der Waals surface area (Å²) >= 11 is 0. The van der Waals surface area contributed by atoms with Crippen LogP contribution in [0.25, 0.3) is 0 Å². The molecule has 0 spiro atoms. The number of nitrogens with one attached hydrogen (secondary N) is 1. The average Bonchev–Trinajstić information content (AvgIpc) is 2.55. The van der Waals surface area contributed by atoms with Crippen LogP contribution in [-0.4, -0.2) is 36.1 Å². The molecule has 1 aliphatic rings. The first-order valence-corrected chi connectivity index (χ1v) is 5.85. The Hall–Kier alpha value is -1.08. The zero-order valence-electron chi connectivity index (χ0n) is 10.5. The molecule has 19 heavy (non-hydrogen) atoms. The van der Waals surface area contributed by atoms with Gasteiger partial charge in [0.25, 0.3) is 0 Å². The predicted octanol–water partition coefficient (Wildman–Crippen LogP) is 2.03. The molecule has 8 heteroatoms. The van der Waals surface area contributed by atoms with Gasteiger partial charge in [-0.2, -0.15) is 13.2 Å². The lowest BCUT2D eigenvalue weighted by Crippen LogP contribution is -2.30. The standard InChI is InChI=1S/C11H15F3N4.ClH/c1-8-7-9(11(12,13)14)17-10(16-8)18-5-2-3-15-4-6-18;/h7,15H,2-6H2,1H3;1H. The minimum atomic E-state index is -4.42. The summed E-state index contributed by atoms with van der Waals surface area (Å²) in [5.41, 5.74) is -0.535. The van der Waals surface area contributed by atoms with E-state index in [1.807, 2.05) is 0 Å². The Kier molecular flexibility index (Phi) is 5.37. The van der Waals surface area contributed by atoms with Crippen LogP contribution in [0.3, 0.4) is 0 Å². The van der Waals surface area contributed by atoms with Crippen LogP contribution in [0.4, 0.5) is 19.1 Å². The number of hydrogen-bond acceptors (Lipinski definition) is 4. The molecule has 2 rings (SSSR count). The van der Waals surface area contributed by atoms with E-state index in [1.165, 1.54) is 0 Å². The van der Waals surface area contributed by atoms with Crippen molar-refractivity contribution in [1.82, 2.24) is 15.3 Å². The van der Waals surface area contributed by atoms with E-state index in [0.717, 1.165) is 25.6 Å². The van der Waals surface area contributed by atoms with Crippen molar-refractivity contribution in [2.45, 2.75) is 19.5 Å². The molecule has 4 nitrogen and oxygen atoms in total. The molecule has 0 aliphatic carbocycles. The monoisotopic (exact) mass is 296 g/mol. The van der Waals surface area contributed by atoms with Crippen molar-refractivity contribution < 1.29 is 13.2 Å². The van der Waals surface area contributed by atoms with Gasteiger partial charge < -0.3 is 10.2 Å². The van der Waals surface area contributed by atoms with E-state index in [4.69, 9.17) is 0 Å². The van der Waals surface area contributed by atoms with Crippen LogP contribution >= 0.6 is 12.4 Å². The minimum Gasteiger partial charge on any atom is -0.339 e. The summed E-state index contributed by atoms with van der Waals surface area (Å²) in [5.74, 6) is 0.172. The number of aromatic nitrogens is 2. The van der Waals surface area contributed by atoms with Gasteiger partial charge in [0.2, 0.25) is 5.95 Å². The second kappa shape index (κ2) is 6.38. The molecular weight excluding hydrogens is 281 g/mol. The van der Waals surface area contributed by atoms with Gasteiger partial charge in [-0.25, -0.2) is 9.97 Å². The van der Waals surface area contributed by atoms with E-state index >= 15 is 0 Å². The minimum absolute atomic E-state index is 0. The number of anilines is 1. The molecule has 0 unspecified atom stereocenters. The molecule has 1 aliphatic heterocycles. The molecular formula is C11H16ClF3N4. The molecule has 1 fully saturated rings. The Morgan fingerprint density at radius 1 is 1.21 bits per heavy atom. The number of halogens is 4. The fraction of sp³-hybridized carbons (Fsp3) is 0.636. The summed E-state index contributed by atoms with van der Waals surface area (Å²) < 4.78 is 38.0. The Morgan fingerprint density at radius 3 is 2.63 bits per heavy atom. The van der Waals surface area contributed by atoms with Gasteiger partial charge in [0.1, 0.15) is 5.69 Å². The predicted molar refractivity (Wildman–Crippen MR) is 68.7 cm³/mol. The molecule has 0 amide bonds. The quantitative estimate of drug-likeness (QED) is 0.861. The highest BCUT2D eigenvalue weighted by molar-refractivity contribution is 5.85. The zero-order chi connectivity index (χ0) is 13.2. The summed E-state index contributed by atoms with van der Waals surface area (Å²) in [6, 6.07) is 0.972. The lowest BCUT2D eigenvalue weighted by atomic mass is 10.3. The molecule has 0 atom stereocenters. The molecule has 0 radical (unpaired) electrons. The second-order valence-corrected chi connectivity index (χ2v) is 4.28. The maximum absolute atomic E-state index is 12.7. The van der Waals surface area contributed by atoms with Crippen molar-refractivity contribution in [3.05, 3.63) is 17.5 Å². The number of hydrogen-bond donors (Lipinski definition) is 1. The van der Waals surface area contributed by atoms with Gasteiger partial charge in [-0.3, -0.25) is 0 Å². The molecule has 1 saturated heterocycles. The van der Waals surface area contributed by atoms with Gasteiger partial charge in [0, 0.05) is 25.3 Å². The molecule has 1 aromatic heterocycles. The highest BCUT2D eigenvalue weighted by Gasteiger charge is 2.33. The van der Waals surface area contributed by atoms with Crippen molar-refractivity contribution in [1.29, 1.82) is 0 Å². The maximum Gasteiger partial charge on any atom is 0.433 e. The van der Waals surface area contributed by atoms with Crippen LogP contribution in [0.2, 0.25) is 0 Å². The van der Waals surface area contributed by atoms with Gasteiger partial charge in [-0.15, -0.1) is 12.4 Å². The zero-order valence-corrected chi connectivity index (χ0v) is 11.3.